The van der Waals surface area contributed by atoms with Crippen LogP contribution in [0.25, 0.3) is 43.1 Å². The minimum absolute atomic E-state index is 0.284. The Labute approximate surface area is 215 Å². The molecule has 182 valence electrons. The lowest BCUT2D eigenvalue weighted by Gasteiger charge is -2.37. The molecular formula is C34H28O3. The van der Waals surface area contributed by atoms with Gasteiger partial charge in [0.1, 0.15) is 11.7 Å². The van der Waals surface area contributed by atoms with Crippen LogP contribution in [0.15, 0.2) is 109 Å². The van der Waals surface area contributed by atoms with Crippen LogP contribution in [-0.2, 0) is 15.1 Å². The Morgan fingerprint density at radius 1 is 0.622 bits per heavy atom. The molecule has 1 aliphatic rings. The van der Waals surface area contributed by atoms with Gasteiger partial charge in [-0.2, -0.15) is 0 Å². The summed E-state index contributed by atoms with van der Waals surface area (Å²) in [6.07, 6.45) is -0.600. The number of ether oxygens (including phenoxy) is 2. The van der Waals surface area contributed by atoms with Gasteiger partial charge in [0.05, 0.1) is 6.61 Å². The first-order valence-electron chi connectivity index (χ1n) is 12.8. The largest absolute Gasteiger partial charge is 0.377 e. The first kappa shape index (κ1) is 22.4. The molecule has 1 aliphatic heterocycles. The Hall–Kier alpha value is -3.76. The highest BCUT2D eigenvalue weighted by Gasteiger charge is 2.50. The zero-order valence-electron chi connectivity index (χ0n) is 20.9. The van der Waals surface area contributed by atoms with Crippen molar-refractivity contribution in [1.82, 2.24) is 0 Å². The van der Waals surface area contributed by atoms with Gasteiger partial charge in [0.2, 0.25) is 0 Å². The second-order valence-corrected chi connectivity index (χ2v) is 10.5. The van der Waals surface area contributed by atoms with E-state index in [1.54, 1.807) is 0 Å². The van der Waals surface area contributed by atoms with E-state index in [9.17, 15) is 5.11 Å². The molecule has 37 heavy (non-hydrogen) atoms. The highest BCUT2D eigenvalue weighted by Crippen LogP contribution is 2.47. The van der Waals surface area contributed by atoms with Crippen LogP contribution < -0.4 is 0 Å². The first-order chi connectivity index (χ1) is 18.0. The van der Waals surface area contributed by atoms with Gasteiger partial charge in [0.25, 0.3) is 0 Å². The average molecular weight is 485 g/mol. The predicted octanol–water partition coefficient (Wildman–Crippen LogP) is 7.69. The van der Waals surface area contributed by atoms with Crippen molar-refractivity contribution in [1.29, 1.82) is 0 Å². The van der Waals surface area contributed by atoms with Crippen molar-refractivity contribution in [2.24, 2.45) is 0 Å². The molecule has 1 heterocycles. The summed E-state index contributed by atoms with van der Waals surface area (Å²) in [5.41, 5.74) is 0.184. The van der Waals surface area contributed by atoms with Gasteiger partial charge in [-0.3, -0.25) is 0 Å². The van der Waals surface area contributed by atoms with Crippen LogP contribution in [0.1, 0.15) is 25.0 Å². The summed E-state index contributed by atoms with van der Waals surface area (Å²) in [5.74, 6) is -0.794. The summed E-state index contributed by atoms with van der Waals surface area (Å²) >= 11 is 0. The fourth-order valence-electron chi connectivity index (χ4n) is 6.12. The number of aliphatic hydroxyl groups is 1. The van der Waals surface area contributed by atoms with Crippen molar-refractivity contribution in [3.8, 4) is 0 Å². The summed E-state index contributed by atoms with van der Waals surface area (Å²) in [6.45, 7) is 4.10. The van der Waals surface area contributed by atoms with Crippen LogP contribution in [0.4, 0.5) is 0 Å². The van der Waals surface area contributed by atoms with Crippen LogP contribution in [0, 0.1) is 0 Å². The van der Waals surface area contributed by atoms with Crippen molar-refractivity contribution in [3.63, 3.8) is 0 Å². The molecule has 1 N–H and O–H groups in total. The Bertz CT molecular complexity index is 1700. The SMILES string of the molecule is CC1(C)OCC(C(O)(c2cc3ccccc3c3ccccc23)c2cc3ccccc3c3ccccc23)O1. The summed E-state index contributed by atoms with van der Waals surface area (Å²) in [4.78, 5) is 0. The number of hydrogen-bond acceptors (Lipinski definition) is 3. The number of benzene rings is 6. The fraction of sp³-hybridized carbons (Fsp3) is 0.176. The minimum Gasteiger partial charge on any atom is -0.377 e. The molecule has 0 amide bonds. The maximum absolute atomic E-state index is 13.2. The Kier molecular flexibility index (Phi) is 4.93. The van der Waals surface area contributed by atoms with Crippen molar-refractivity contribution in [2.75, 3.05) is 6.61 Å². The second kappa shape index (κ2) is 8.12. The van der Waals surface area contributed by atoms with E-state index in [2.05, 4.69) is 84.9 Å². The lowest BCUT2D eigenvalue weighted by molar-refractivity contribution is -0.163. The molecule has 0 saturated carbocycles. The van der Waals surface area contributed by atoms with Crippen molar-refractivity contribution in [3.05, 3.63) is 120 Å². The molecule has 6 aromatic carbocycles. The fourth-order valence-corrected chi connectivity index (χ4v) is 6.12. The van der Waals surface area contributed by atoms with Crippen molar-refractivity contribution < 1.29 is 14.6 Å². The van der Waals surface area contributed by atoms with Gasteiger partial charge in [-0.25, -0.2) is 0 Å². The summed E-state index contributed by atoms with van der Waals surface area (Å²) in [6, 6.07) is 37.7. The monoisotopic (exact) mass is 484 g/mol. The summed E-state index contributed by atoms with van der Waals surface area (Å²) in [5, 5.41) is 21.9. The van der Waals surface area contributed by atoms with Gasteiger partial charge in [-0.15, -0.1) is 0 Å². The topological polar surface area (TPSA) is 38.7 Å². The first-order valence-corrected chi connectivity index (χ1v) is 12.8. The molecule has 1 fully saturated rings. The quantitative estimate of drug-likeness (QED) is 0.262. The molecule has 0 radical (unpaired) electrons. The van der Waals surface area contributed by atoms with Crippen LogP contribution in [-0.4, -0.2) is 23.6 Å². The lowest BCUT2D eigenvalue weighted by atomic mass is 9.76. The van der Waals surface area contributed by atoms with E-state index in [1.807, 2.05) is 38.1 Å². The van der Waals surface area contributed by atoms with Gasteiger partial charge >= 0.3 is 0 Å². The maximum Gasteiger partial charge on any atom is 0.163 e. The molecule has 0 bridgehead atoms. The normalized spacial score (nSPS) is 17.8. The number of rotatable bonds is 3. The van der Waals surface area contributed by atoms with Gasteiger partial charge in [0, 0.05) is 0 Å². The molecule has 0 aliphatic carbocycles. The smallest absolute Gasteiger partial charge is 0.163 e. The molecule has 1 atom stereocenters. The van der Waals surface area contributed by atoms with Crippen molar-refractivity contribution in [2.45, 2.75) is 31.3 Å². The standard InChI is InChI=1S/C34H28O3/c1-33(2)36-21-32(37-33)34(35,30-19-22-11-3-5-13-24(22)26-15-7-9-17-28(26)30)31-20-23-12-4-6-14-25(23)27-16-8-10-18-29(27)31/h3-20,32,35H,21H2,1-2H3. The Morgan fingerprint density at radius 3 is 1.46 bits per heavy atom. The zero-order chi connectivity index (χ0) is 25.2. The molecule has 7 rings (SSSR count). The van der Waals surface area contributed by atoms with Crippen LogP contribution in [0.3, 0.4) is 0 Å². The van der Waals surface area contributed by atoms with Crippen LogP contribution >= 0.6 is 0 Å². The highest BCUT2D eigenvalue weighted by molar-refractivity contribution is 6.11. The van der Waals surface area contributed by atoms with Crippen LogP contribution in [0.2, 0.25) is 0 Å². The van der Waals surface area contributed by atoms with E-state index < -0.39 is 17.5 Å². The predicted molar refractivity (Wildman–Crippen MR) is 151 cm³/mol. The molecule has 0 aromatic heterocycles. The summed E-state index contributed by atoms with van der Waals surface area (Å²) in [7, 11) is 0. The molecule has 1 saturated heterocycles. The molecule has 3 nitrogen and oxygen atoms in total. The number of fused-ring (bicyclic) bond motifs is 6. The van der Waals surface area contributed by atoms with E-state index in [-0.39, 0.29) is 6.61 Å². The van der Waals surface area contributed by atoms with Gasteiger partial charge < -0.3 is 14.6 Å². The number of hydrogen-bond donors (Lipinski definition) is 1. The summed E-state index contributed by atoms with van der Waals surface area (Å²) < 4.78 is 12.5. The van der Waals surface area contributed by atoms with E-state index in [0.29, 0.717) is 0 Å². The van der Waals surface area contributed by atoms with Crippen molar-refractivity contribution >= 4 is 43.1 Å². The maximum atomic E-state index is 13.2. The molecular weight excluding hydrogens is 456 g/mol. The third kappa shape index (κ3) is 3.39. The molecule has 3 heteroatoms. The molecule has 1 unspecified atom stereocenters. The van der Waals surface area contributed by atoms with Gasteiger partial charge in [-0.05, 0) is 80.2 Å². The zero-order valence-corrected chi connectivity index (χ0v) is 20.9. The Balaban J connectivity index is 1.64. The highest BCUT2D eigenvalue weighted by atomic mass is 16.7. The third-order valence-corrected chi connectivity index (χ3v) is 7.83. The van der Waals surface area contributed by atoms with Gasteiger partial charge in [-0.1, -0.05) is 97.1 Å². The van der Waals surface area contributed by atoms with E-state index in [4.69, 9.17) is 9.47 Å². The second-order valence-electron chi connectivity index (χ2n) is 10.5. The van der Waals surface area contributed by atoms with Gasteiger partial charge in [0.15, 0.2) is 5.79 Å². The van der Waals surface area contributed by atoms with E-state index in [1.165, 1.54) is 0 Å². The van der Waals surface area contributed by atoms with E-state index in [0.717, 1.165) is 54.2 Å². The lowest BCUT2D eigenvalue weighted by Crippen LogP contribution is -2.43. The van der Waals surface area contributed by atoms with E-state index >= 15 is 0 Å². The molecule has 0 spiro atoms. The Morgan fingerprint density at radius 2 is 1.03 bits per heavy atom. The third-order valence-electron chi connectivity index (χ3n) is 7.83. The van der Waals surface area contributed by atoms with Crippen LogP contribution in [0.5, 0.6) is 0 Å². The average Bonchev–Trinajstić information content (AvgIpc) is 3.31. The molecule has 6 aromatic rings. The minimum atomic E-state index is -1.47.